The predicted octanol–water partition coefficient (Wildman–Crippen LogP) is 4.40. The van der Waals surface area contributed by atoms with Crippen LogP contribution in [0.15, 0.2) is 48.8 Å². The zero-order chi connectivity index (χ0) is 17.8. The molecule has 4 aromatic rings. The molecule has 2 aromatic carbocycles. The molecular formula is C19H12FN3O2S. The predicted molar refractivity (Wildman–Crippen MR) is 97.4 cm³/mol. The molecule has 0 saturated carbocycles. The number of anilines is 1. The van der Waals surface area contributed by atoms with E-state index < -0.39 is 0 Å². The van der Waals surface area contributed by atoms with E-state index in [9.17, 15) is 9.50 Å². The molecule has 7 heteroatoms. The summed E-state index contributed by atoms with van der Waals surface area (Å²) in [5, 5.41) is 10.3. The van der Waals surface area contributed by atoms with Gasteiger partial charge < -0.3 is 15.6 Å². The van der Waals surface area contributed by atoms with Crippen LogP contribution in [0.25, 0.3) is 10.1 Å². The van der Waals surface area contributed by atoms with Crippen LogP contribution in [-0.4, -0.2) is 15.1 Å². The van der Waals surface area contributed by atoms with Gasteiger partial charge in [-0.3, -0.25) is 0 Å². The van der Waals surface area contributed by atoms with Gasteiger partial charge >= 0.3 is 0 Å². The Bertz CT molecular complexity index is 1160. The van der Waals surface area contributed by atoms with E-state index in [1.807, 2.05) is 18.2 Å². The molecule has 3 heterocycles. The molecule has 2 aromatic heterocycles. The van der Waals surface area contributed by atoms with Crippen LogP contribution in [0.1, 0.15) is 21.9 Å². The number of hydrogen-bond acceptors (Lipinski definition) is 6. The molecule has 1 atom stereocenters. The molecule has 3 N–H and O–H groups in total. The first-order valence-electron chi connectivity index (χ1n) is 7.91. The number of phenolic OH excluding ortho intramolecular Hbond substituents is 1. The van der Waals surface area contributed by atoms with Crippen LogP contribution in [-0.2, 0) is 0 Å². The molecule has 0 fully saturated rings. The van der Waals surface area contributed by atoms with Crippen LogP contribution >= 0.6 is 11.3 Å². The standard InChI is InChI=1S/C19H12FN3O2S/c20-12-3-1-2-11-15-17(26-16(11)12)13(9-4-6-10(24)7-5-9)14-18(21)22-8-23-19(14)25-15/h1-8,13,24H,(H2,21,22,23). The zero-order valence-electron chi connectivity index (χ0n) is 13.3. The molecule has 1 aliphatic rings. The Morgan fingerprint density at radius 2 is 1.92 bits per heavy atom. The molecular weight excluding hydrogens is 353 g/mol. The highest BCUT2D eigenvalue weighted by Gasteiger charge is 2.35. The number of aromatic nitrogens is 2. The Hall–Kier alpha value is -3.19. The summed E-state index contributed by atoms with van der Waals surface area (Å²) >= 11 is 1.33. The number of benzene rings is 2. The largest absolute Gasteiger partial charge is 0.508 e. The van der Waals surface area contributed by atoms with Gasteiger partial charge in [0.2, 0.25) is 5.88 Å². The summed E-state index contributed by atoms with van der Waals surface area (Å²) in [5.74, 6) is 0.850. The SMILES string of the molecule is Nc1ncnc2c1C(c1ccc(O)cc1)c1sc3c(F)cccc3c1O2. The van der Waals surface area contributed by atoms with Crippen molar-refractivity contribution in [1.82, 2.24) is 9.97 Å². The lowest BCUT2D eigenvalue weighted by Crippen LogP contribution is -2.14. The minimum atomic E-state index is -0.299. The maximum atomic E-state index is 14.3. The Morgan fingerprint density at radius 3 is 2.73 bits per heavy atom. The summed E-state index contributed by atoms with van der Waals surface area (Å²) in [7, 11) is 0. The number of ether oxygens (including phenoxy) is 1. The van der Waals surface area contributed by atoms with Crippen LogP contribution in [0.5, 0.6) is 17.4 Å². The van der Waals surface area contributed by atoms with E-state index in [4.69, 9.17) is 10.5 Å². The van der Waals surface area contributed by atoms with Gasteiger partial charge in [0, 0.05) is 5.39 Å². The second-order valence-corrected chi connectivity index (χ2v) is 7.07. The fourth-order valence-electron chi connectivity index (χ4n) is 3.33. The molecule has 0 spiro atoms. The van der Waals surface area contributed by atoms with E-state index in [0.717, 1.165) is 10.4 Å². The lowest BCUT2D eigenvalue weighted by molar-refractivity contribution is 0.441. The molecule has 128 valence electrons. The van der Waals surface area contributed by atoms with Crippen LogP contribution in [0.4, 0.5) is 10.2 Å². The van der Waals surface area contributed by atoms with Crippen molar-refractivity contribution < 1.29 is 14.2 Å². The number of nitrogens with two attached hydrogens (primary N) is 1. The molecule has 1 unspecified atom stereocenters. The van der Waals surface area contributed by atoms with Crippen molar-refractivity contribution in [3.63, 3.8) is 0 Å². The van der Waals surface area contributed by atoms with Crippen molar-refractivity contribution in [1.29, 1.82) is 0 Å². The van der Waals surface area contributed by atoms with Crippen molar-refractivity contribution >= 4 is 27.2 Å². The molecule has 0 bridgehead atoms. The maximum Gasteiger partial charge on any atom is 0.228 e. The van der Waals surface area contributed by atoms with Crippen molar-refractivity contribution in [2.24, 2.45) is 0 Å². The summed E-state index contributed by atoms with van der Waals surface area (Å²) in [4.78, 5) is 9.17. The highest BCUT2D eigenvalue weighted by Crippen LogP contribution is 2.54. The van der Waals surface area contributed by atoms with Gasteiger partial charge in [0.05, 0.1) is 21.1 Å². The van der Waals surface area contributed by atoms with Gasteiger partial charge in [0.25, 0.3) is 0 Å². The van der Waals surface area contributed by atoms with Crippen molar-refractivity contribution in [2.75, 3.05) is 5.73 Å². The van der Waals surface area contributed by atoms with Gasteiger partial charge in [-0.2, -0.15) is 0 Å². The molecule has 0 radical (unpaired) electrons. The number of thiophene rings is 1. The number of hydrogen-bond donors (Lipinski definition) is 2. The van der Waals surface area contributed by atoms with Crippen LogP contribution in [0.3, 0.4) is 0 Å². The summed E-state index contributed by atoms with van der Waals surface area (Å²) in [6.45, 7) is 0. The third-order valence-corrected chi connectivity index (χ3v) is 5.76. The molecule has 0 saturated heterocycles. The Morgan fingerprint density at radius 1 is 1.12 bits per heavy atom. The molecule has 1 aliphatic heterocycles. The number of phenols is 1. The second-order valence-electron chi connectivity index (χ2n) is 6.02. The first kappa shape index (κ1) is 15.1. The lowest BCUT2D eigenvalue weighted by atomic mass is 9.88. The summed E-state index contributed by atoms with van der Waals surface area (Å²) < 4.78 is 20.9. The fourth-order valence-corrected chi connectivity index (χ4v) is 4.61. The number of fused-ring (bicyclic) bond motifs is 4. The van der Waals surface area contributed by atoms with Gasteiger partial charge in [-0.25, -0.2) is 14.4 Å². The average Bonchev–Trinajstić information content (AvgIpc) is 3.01. The number of aromatic hydroxyl groups is 1. The number of nitrogens with zero attached hydrogens (tertiary/aromatic N) is 2. The Balaban J connectivity index is 1.85. The van der Waals surface area contributed by atoms with Gasteiger partial charge in [0.1, 0.15) is 23.7 Å². The molecule has 5 nitrogen and oxygen atoms in total. The quantitative estimate of drug-likeness (QED) is 0.460. The van der Waals surface area contributed by atoms with E-state index >= 15 is 0 Å². The topological polar surface area (TPSA) is 81.3 Å². The molecule has 0 amide bonds. The first-order chi connectivity index (χ1) is 12.6. The highest BCUT2D eigenvalue weighted by molar-refractivity contribution is 7.19. The minimum absolute atomic E-state index is 0.168. The normalized spacial score (nSPS) is 15.3. The Labute approximate surface area is 151 Å². The van der Waals surface area contributed by atoms with Gasteiger partial charge in [0.15, 0.2) is 5.75 Å². The summed E-state index contributed by atoms with van der Waals surface area (Å²) in [5.41, 5.74) is 7.67. The molecule has 26 heavy (non-hydrogen) atoms. The zero-order valence-corrected chi connectivity index (χ0v) is 14.1. The maximum absolute atomic E-state index is 14.3. The minimum Gasteiger partial charge on any atom is -0.508 e. The fraction of sp³-hybridized carbons (Fsp3) is 0.0526. The lowest BCUT2D eigenvalue weighted by Gasteiger charge is -2.26. The number of rotatable bonds is 1. The third kappa shape index (κ3) is 2.07. The van der Waals surface area contributed by atoms with E-state index in [1.54, 1.807) is 18.2 Å². The Kier molecular flexibility index (Phi) is 3.14. The summed E-state index contributed by atoms with van der Waals surface area (Å²) in [6.07, 6.45) is 1.35. The van der Waals surface area contributed by atoms with E-state index in [-0.39, 0.29) is 17.5 Å². The molecule has 0 aliphatic carbocycles. The van der Waals surface area contributed by atoms with E-state index in [1.165, 1.54) is 23.7 Å². The van der Waals surface area contributed by atoms with Crippen LogP contribution in [0.2, 0.25) is 0 Å². The molecule has 5 rings (SSSR count). The van der Waals surface area contributed by atoms with E-state index in [2.05, 4.69) is 9.97 Å². The average molecular weight is 365 g/mol. The third-order valence-electron chi connectivity index (χ3n) is 4.50. The van der Waals surface area contributed by atoms with Crippen molar-refractivity contribution in [2.45, 2.75) is 5.92 Å². The second kappa shape index (κ2) is 5.40. The highest BCUT2D eigenvalue weighted by atomic mass is 32.1. The smallest absolute Gasteiger partial charge is 0.228 e. The number of halogens is 1. The van der Waals surface area contributed by atoms with Gasteiger partial charge in [-0.1, -0.05) is 18.2 Å². The monoisotopic (exact) mass is 365 g/mol. The van der Waals surface area contributed by atoms with Crippen LogP contribution < -0.4 is 10.5 Å². The first-order valence-corrected chi connectivity index (χ1v) is 8.73. The van der Waals surface area contributed by atoms with E-state index in [0.29, 0.717) is 33.1 Å². The summed E-state index contributed by atoms with van der Waals surface area (Å²) in [6, 6.07) is 11.8. The van der Waals surface area contributed by atoms with Crippen LogP contribution in [0, 0.1) is 5.82 Å². The van der Waals surface area contributed by atoms with Gasteiger partial charge in [-0.15, -0.1) is 11.3 Å². The van der Waals surface area contributed by atoms with Gasteiger partial charge in [-0.05, 0) is 29.8 Å². The van der Waals surface area contributed by atoms with Crippen molar-refractivity contribution in [3.8, 4) is 17.4 Å². The van der Waals surface area contributed by atoms with Crippen molar-refractivity contribution in [3.05, 3.63) is 70.6 Å². The number of nitrogen functional groups attached to an aromatic ring is 1.